The summed E-state index contributed by atoms with van der Waals surface area (Å²) in [5.41, 5.74) is 2.40. The van der Waals surface area contributed by atoms with Crippen molar-refractivity contribution in [2.24, 2.45) is 0 Å². The van der Waals surface area contributed by atoms with Crippen molar-refractivity contribution in [3.05, 3.63) is 51.9 Å². The summed E-state index contributed by atoms with van der Waals surface area (Å²) in [6.45, 7) is 1.17. The zero-order chi connectivity index (χ0) is 17.9. The molecule has 1 amide bonds. The van der Waals surface area contributed by atoms with E-state index in [0.29, 0.717) is 29.3 Å². The van der Waals surface area contributed by atoms with Crippen LogP contribution in [0.15, 0.2) is 30.3 Å². The van der Waals surface area contributed by atoms with Gasteiger partial charge < -0.3 is 14.8 Å². The largest absolute Gasteiger partial charge is 0.376 e. The molecule has 1 aliphatic carbocycles. The Morgan fingerprint density at radius 3 is 2.65 bits per heavy atom. The summed E-state index contributed by atoms with van der Waals surface area (Å²) >= 11 is 1.53. The molecule has 0 saturated carbocycles. The molecule has 1 atom stereocenters. The van der Waals surface area contributed by atoms with Gasteiger partial charge in [-0.2, -0.15) is 0 Å². The molecule has 6 heteroatoms. The summed E-state index contributed by atoms with van der Waals surface area (Å²) < 4.78 is 10.8. The molecule has 4 rings (SSSR count). The van der Waals surface area contributed by atoms with Crippen molar-refractivity contribution in [1.29, 1.82) is 0 Å². The number of hydrogen-bond donors (Lipinski definition) is 1. The fourth-order valence-corrected chi connectivity index (χ4v) is 4.75. The number of ketones is 1. The van der Waals surface area contributed by atoms with Crippen LogP contribution in [0.4, 0.5) is 5.00 Å². The van der Waals surface area contributed by atoms with E-state index in [2.05, 4.69) is 5.32 Å². The number of anilines is 1. The Balaban J connectivity index is 1.66. The van der Waals surface area contributed by atoms with Gasteiger partial charge in [0, 0.05) is 10.4 Å². The SMILES string of the molecule is O=C(c1ccccc1)c1c(NC(=O)C2COCCO2)sc2c1CCCC2. The van der Waals surface area contributed by atoms with Crippen LogP contribution < -0.4 is 5.32 Å². The number of benzene rings is 1. The Morgan fingerprint density at radius 2 is 1.88 bits per heavy atom. The molecule has 0 radical (unpaired) electrons. The van der Waals surface area contributed by atoms with Crippen LogP contribution in [0.2, 0.25) is 0 Å². The van der Waals surface area contributed by atoms with Gasteiger partial charge in [0.15, 0.2) is 11.9 Å². The van der Waals surface area contributed by atoms with Crippen LogP contribution in [-0.2, 0) is 27.1 Å². The minimum Gasteiger partial charge on any atom is -0.376 e. The molecule has 1 fully saturated rings. The molecule has 1 aliphatic heterocycles. The maximum atomic E-state index is 13.2. The van der Waals surface area contributed by atoms with Crippen LogP contribution in [0, 0.1) is 0 Å². The second-order valence-corrected chi connectivity index (χ2v) is 7.64. The van der Waals surface area contributed by atoms with Crippen LogP contribution >= 0.6 is 11.3 Å². The first-order chi connectivity index (χ1) is 12.7. The van der Waals surface area contributed by atoms with E-state index in [4.69, 9.17) is 9.47 Å². The quantitative estimate of drug-likeness (QED) is 0.838. The van der Waals surface area contributed by atoms with Gasteiger partial charge >= 0.3 is 0 Å². The third-order valence-electron chi connectivity index (χ3n) is 4.78. The second-order valence-electron chi connectivity index (χ2n) is 6.53. The van der Waals surface area contributed by atoms with Gasteiger partial charge in [-0.25, -0.2) is 0 Å². The second kappa shape index (κ2) is 7.70. The lowest BCUT2D eigenvalue weighted by molar-refractivity contribution is -0.142. The molecule has 5 nitrogen and oxygen atoms in total. The molecule has 26 heavy (non-hydrogen) atoms. The van der Waals surface area contributed by atoms with Gasteiger partial charge in [0.2, 0.25) is 0 Å². The monoisotopic (exact) mass is 371 g/mol. The summed E-state index contributed by atoms with van der Waals surface area (Å²) in [5, 5.41) is 3.59. The van der Waals surface area contributed by atoms with Crippen molar-refractivity contribution in [2.45, 2.75) is 31.8 Å². The lowest BCUT2D eigenvalue weighted by Gasteiger charge is -2.22. The van der Waals surface area contributed by atoms with E-state index in [0.717, 1.165) is 31.2 Å². The van der Waals surface area contributed by atoms with E-state index in [9.17, 15) is 9.59 Å². The van der Waals surface area contributed by atoms with E-state index in [1.165, 1.54) is 16.2 Å². The molecule has 1 aromatic heterocycles. The molecule has 2 aromatic rings. The normalized spacial score (nSPS) is 19.6. The number of carbonyl (C=O) groups excluding carboxylic acids is 2. The number of carbonyl (C=O) groups is 2. The lowest BCUT2D eigenvalue weighted by atomic mass is 9.92. The summed E-state index contributed by atoms with van der Waals surface area (Å²) in [4.78, 5) is 26.9. The molecule has 1 saturated heterocycles. The number of thiophene rings is 1. The van der Waals surface area contributed by atoms with Gasteiger partial charge in [-0.1, -0.05) is 30.3 Å². The van der Waals surface area contributed by atoms with Gasteiger partial charge in [0.25, 0.3) is 5.91 Å². The molecule has 1 N–H and O–H groups in total. The first-order valence-corrected chi connectivity index (χ1v) is 9.80. The predicted molar refractivity (Wildman–Crippen MR) is 100 cm³/mol. The smallest absolute Gasteiger partial charge is 0.256 e. The fourth-order valence-electron chi connectivity index (χ4n) is 3.46. The minimum absolute atomic E-state index is 0.0267. The van der Waals surface area contributed by atoms with Gasteiger partial charge in [0.05, 0.1) is 25.4 Å². The van der Waals surface area contributed by atoms with Gasteiger partial charge in [-0.3, -0.25) is 9.59 Å². The van der Waals surface area contributed by atoms with Crippen LogP contribution in [0.1, 0.15) is 39.2 Å². The molecular weight excluding hydrogens is 350 g/mol. The Labute approximate surface area is 156 Å². The van der Waals surface area contributed by atoms with Gasteiger partial charge in [0.1, 0.15) is 5.00 Å². The molecule has 1 aromatic carbocycles. The minimum atomic E-state index is -0.623. The van der Waals surface area contributed by atoms with Crippen LogP contribution in [0.3, 0.4) is 0 Å². The van der Waals surface area contributed by atoms with Crippen LogP contribution in [0.5, 0.6) is 0 Å². The number of hydrogen-bond acceptors (Lipinski definition) is 5. The highest BCUT2D eigenvalue weighted by molar-refractivity contribution is 7.17. The summed E-state index contributed by atoms with van der Waals surface area (Å²) in [6.07, 6.45) is 3.43. The summed E-state index contributed by atoms with van der Waals surface area (Å²) in [7, 11) is 0. The van der Waals surface area contributed by atoms with E-state index in [1.54, 1.807) is 0 Å². The summed E-state index contributed by atoms with van der Waals surface area (Å²) in [6, 6.07) is 9.25. The number of fused-ring (bicyclic) bond motifs is 1. The fraction of sp³-hybridized carbons (Fsp3) is 0.400. The topological polar surface area (TPSA) is 64.6 Å². The van der Waals surface area contributed by atoms with Crippen molar-refractivity contribution >= 4 is 28.0 Å². The van der Waals surface area contributed by atoms with Crippen molar-refractivity contribution in [2.75, 3.05) is 25.1 Å². The molecule has 2 aliphatic rings. The number of rotatable bonds is 4. The standard InChI is InChI=1S/C20H21NO4S/c22-18(13-6-2-1-3-7-13)17-14-8-4-5-9-16(14)26-20(17)21-19(23)15-12-24-10-11-25-15/h1-3,6-7,15H,4-5,8-12H2,(H,21,23). The Kier molecular flexibility index (Phi) is 5.15. The molecule has 1 unspecified atom stereocenters. The van der Waals surface area contributed by atoms with Crippen LogP contribution in [0.25, 0.3) is 0 Å². The van der Waals surface area contributed by atoms with Gasteiger partial charge in [-0.15, -0.1) is 11.3 Å². The van der Waals surface area contributed by atoms with E-state index in [1.807, 2.05) is 30.3 Å². The van der Waals surface area contributed by atoms with Crippen molar-refractivity contribution in [3.63, 3.8) is 0 Å². The highest BCUT2D eigenvalue weighted by atomic mass is 32.1. The average molecular weight is 371 g/mol. The van der Waals surface area contributed by atoms with Crippen molar-refractivity contribution < 1.29 is 19.1 Å². The Morgan fingerprint density at radius 1 is 1.08 bits per heavy atom. The first-order valence-electron chi connectivity index (χ1n) is 8.98. The van der Waals surface area contributed by atoms with Crippen molar-refractivity contribution in [1.82, 2.24) is 0 Å². The number of nitrogens with one attached hydrogen (secondary N) is 1. The van der Waals surface area contributed by atoms with Crippen LogP contribution in [-0.4, -0.2) is 37.6 Å². The Hall–Kier alpha value is -2.02. The first kappa shape index (κ1) is 17.4. The van der Waals surface area contributed by atoms with Crippen molar-refractivity contribution in [3.8, 4) is 0 Å². The molecule has 0 spiro atoms. The predicted octanol–water partition coefficient (Wildman–Crippen LogP) is 3.21. The molecule has 0 bridgehead atoms. The molecule has 136 valence electrons. The number of ether oxygens (including phenoxy) is 2. The summed E-state index contributed by atoms with van der Waals surface area (Å²) in [5.74, 6) is -0.272. The number of aryl methyl sites for hydroxylation is 1. The third-order valence-corrected chi connectivity index (χ3v) is 5.99. The highest BCUT2D eigenvalue weighted by Gasteiger charge is 2.29. The average Bonchev–Trinajstić information content (AvgIpc) is 3.06. The third kappa shape index (κ3) is 3.45. The molecule has 2 heterocycles. The molecular formula is C20H21NO4S. The Bertz CT molecular complexity index is 809. The lowest BCUT2D eigenvalue weighted by Crippen LogP contribution is -2.39. The van der Waals surface area contributed by atoms with Gasteiger partial charge in [-0.05, 0) is 31.2 Å². The van der Waals surface area contributed by atoms with E-state index in [-0.39, 0.29) is 18.3 Å². The van der Waals surface area contributed by atoms with E-state index < -0.39 is 6.10 Å². The maximum absolute atomic E-state index is 13.2. The number of amides is 1. The van der Waals surface area contributed by atoms with E-state index >= 15 is 0 Å². The zero-order valence-corrected chi connectivity index (χ0v) is 15.3. The zero-order valence-electron chi connectivity index (χ0n) is 14.5. The highest BCUT2D eigenvalue weighted by Crippen LogP contribution is 2.39. The maximum Gasteiger partial charge on any atom is 0.256 e.